The third-order valence-corrected chi connectivity index (χ3v) is 4.96. The fourth-order valence-electron chi connectivity index (χ4n) is 3.42. The third-order valence-electron chi connectivity index (χ3n) is 4.73. The molecule has 1 saturated heterocycles. The number of nitrogens with zero attached hydrogens (tertiary/aromatic N) is 2. The number of halogens is 1. The van der Waals surface area contributed by atoms with Crippen molar-refractivity contribution in [2.45, 2.75) is 31.8 Å². The predicted molar refractivity (Wildman–Crippen MR) is 104 cm³/mol. The van der Waals surface area contributed by atoms with Gasteiger partial charge in [-0.05, 0) is 56.6 Å². The van der Waals surface area contributed by atoms with Gasteiger partial charge in [-0.15, -0.1) is 0 Å². The number of hydrogen-bond acceptors (Lipinski definition) is 4. The molecule has 3 heterocycles. The molecule has 2 unspecified atom stereocenters. The van der Waals surface area contributed by atoms with Crippen LogP contribution in [0.2, 0.25) is 5.02 Å². The van der Waals surface area contributed by atoms with E-state index >= 15 is 0 Å². The van der Waals surface area contributed by atoms with E-state index in [0.717, 1.165) is 25.1 Å². The van der Waals surface area contributed by atoms with Crippen LogP contribution in [0.25, 0.3) is 17.1 Å². The van der Waals surface area contributed by atoms with E-state index in [1.807, 2.05) is 18.2 Å². The molecule has 2 aromatic heterocycles. The molecule has 0 bridgehead atoms. The maximum Gasteiger partial charge on any atom is 0.272 e. The molecule has 2 atom stereocenters. The molecule has 1 fully saturated rings. The van der Waals surface area contributed by atoms with Gasteiger partial charge < -0.3 is 15.1 Å². The second kappa shape index (κ2) is 7.58. The summed E-state index contributed by atoms with van der Waals surface area (Å²) >= 11 is 6.13. The number of carbonyl (C=O) groups excluding carboxylic acids is 1. The Hall–Kier alpha value is -2.57. The molecule has 3 aromatic rings. The van der Waals surface area contributed by atoms with Crippen molar-refractivity contribution in [2.24, 2.45) is 0 Å². The molecule has 6 nitrogen and oxygen atoms in total. The largest absolute Gasteiger partial charge is 0.463 e. The summed E-state index contributed by atoms with van der Waals surface area (Å²) in [4.78, 5) is 12.8. The fraction of sp³-hybridized carbons (Fsp3) is 0.300. The summed E-state index contributed by atoms with van der Waals surface area (Å²) in [6.45, 7) is 3.03. The number of aromatic nitrogens is 2. The van der Waals surface area contributed by atoms with Crippen LogP contribution in [0.1, 0.15) is 30.3 Å². The van der Waals surface area contributed by atoms with E-state index in [1.54, 1.807) is 35.2 Å². The van der Waals surface area contributed by atoms with Crippen molar-refractivity contribution in [2.75, 3.05) is 6.54 Å². The molecule has 1 aliphatic heterocycles. The summed E-state index contributed by atoms with van der Waals surface area (Å²) in [5.41, 5.74) is 1.82. The fourth-order valence-corrected chi connectivity index (χ4v) is 3.60. The highest BCUT2D eigenvalue weighted by Gasteiger charge is 2.23. The van der Waals surface area contributed by atoms with Crippen molar-refractivity contribution >= 4 is 17.5 Å². The van der Waals surface area contributed by atoms with Gasteiger partial charge in [-0.1, -0.05) is 17.7 Å². The van der Waals surface area contributed by atoms with Crippen LogP contribution in [-0.4, -0.2) is 34.3 Å². The minimum Gasteiger partial charge on any atom is -0.463 e. The van der Waals surface area contributed by atoms with E-state index in [9.17, 15) is 4.79 Å². The minimum atomic E-state index is -0.178. The number of furan rings is 1. The second-order valence-electron chi connectivity index (χ2n) is 6.83. The molecular weight excluding hydrogens is 364 g/mol. The Kier molecular flexibility index (Phi) is 5.01. The standard InChI is InChI=1S/C20H21ClN4O2/c1-13-10-15(7-8-22-13)23-20(26)17-12-18(19-6-3-9-27-19)25(24-17)16-5-2-4-14(21)11-16/h2-6,9,11-13,15,22H,7-8,10H2,1H3,(H,23,26). The Morgan fingerprint density at radius 1 is 1.33 bits per heavy atom. The topological polar surface area (TPSA) is 72.1 Å². The number of hydrogen-bond donors (Lipinski definition) is 2. The highest BCUT2D eigenvalue weighted by Crippen LogP contribution is 2.26. The summed E-state index contributed by atoms with van der Waals surface area (Å²) in [7, 11) is 0. The lowest BCUT2D eigenvalue weighted by Crippen LogP contribution is -2.46. The molecule has 27 heavy (non-hydrogen) atoms. The summed E-state index contributed by atoms with van der Waals surface area (Å²) in [5, 5.41) is 11.6. The summed E-state index contributed by atoms with van der Waals surface area (Å²) in [6, 6.07) is 13.3. The van der Waals surface area contributed by atoms with Gasteiger partial charge in [-0.3, -0.25) is 4.79 Å². The average molecular weight is 385 g/mol. The number of carbonyl (C=O) groups is 1. The highest BCUT2D eigenvalue weighted by atomic mass is 35.5. The van der Waals surface area contributed by atoms with Crippen LogP contribution in [0.3, 0.4) is 0 Å². The van der Waals surface area contributed by atoms with Gasteiger partial charge in [0, 0.05) is 23.2 Å². The van der Waals surface area contributed by atoms with Crippen LogP contribution in [0, 0.1) is 0 Å². The molecule has 1 aromatic carbocycles. The van der Waals surface area contributed by atoms with Crippen molar-refractivity contribution in [1.82, 2.24) is 20.4 Å². The lowest BCUT2D eigenvalue weighted by molar-refractivity contribution is 0.0920. The number of amides is 1. The maximum absolute atomic E-state index is 12.8. The summed E-state index contributed by atoms with van der Waals surface area (Å²) in [6.07, 6.45) is 3.42. The second-order valence-corrected chi connectivity index (χ2v) is 7.27. The Labute approximate surface area is 162 Å². The summed E-state index contributed by atoms with van der Waals surface area (Å²) < 4.78 is 7.22. The molecule has 2 N–H and O–H groups in total. The Balaban J connectivity index is 1.66. The zero-order valence-corrected chi connectivity index (χ0v) is 15.7. The molecular formula is C20H21ClN4O2. The van der Waals surface area contributed by atoms with Gasteiger partial charge in [0.15, 0.2) is 11.5 Å². The quantitative estimate of drug-likeness (QED) is 0.720. The zero-order valence-electron chi connectivity index (χ0n) is 15.0. The monoisotopic (exact) mass is 384 g/mol. The van der Waals surface area contributed by atoms with E-state index in [1.165, 1.54) is 0 Å². The van der Waals surface area contributed by atoms with Gasteiger partial charge in [-0.2, -0.15) is 5.10 Å². The predicted octanol–water partition coefficient (Wildman–Crippen LogP) is 3.66. The smallest absolute Gasteiger partial charge is 0.272 e. The first-order valence-electron chi connectivity index (χ1n) is 9.04. The molecule has 1 aliphatic rings. The van der Waals surface area contributed by atoms with Crippen molar-refractivity contribution in [3.63, 3.8) is 0 Å². The highest BCUT2D eigenvalue weighted by molar-refractivity contribution is 6.30. The Morgan fingerprint density at radius 3 is 2.96 bits per heavy atom. The number of benzene rings is 1. The van der Waals surface area contributed by atoms with Gasteiger partial charge in [0.05, 0.1) is 12.0 Å². The van der Waals surface area contributed by atoms with E-state index < -0.39 is 0 Å². The van der Waals surface area contributed by atoms with Gasteiger partial charge in [0.25, 0.3) is 5.91 Å². The Bertz CT molecular complexity index is 935. The molecule has 0 radical (unpaired) electrons. The molecule has 140 valence electrons. The van der Waals surface area contributed by atoms with Crippen LogP contribution in [-0.2, 0) is 0 Å². The van der Waals surface area contributed by atoms with Crippen molar-refractivity contribution in [3.8, 4) is 17.1 Å². The molecule has 0 spiro atoms. The lowest BCUT2D eigenvalue weighted by Gasteiger charge is -2.28. The van der Waals surface area contributed by atoms with E-state index in [-0.39, 0.29) is 11.9 Å². The van der Waals surface area contributed by atoms with Gasteiger partial charge in [0.1, 0.15) is 5.69 Å². The molecule has 4 rings (SSSR count). The first-order chi connectivity index (χ1) is 13.1. The van der Waals surface area contributed by atoms with E-state index in [2.05, 4.69) is 22.7 Å². The first-order valence-corrected chi connectivity index (χ1v) is 9.42. The van der Waals surface area contributed by atoms with Crippen molar-refractivity contribution in [1.29, 1.82) is 0 Å². The normalized spacial score (nSPS) is 19.8. The number of nitrogens with one attached hydrogen (secondary N) is 2. The average Bonchev–Trinajstić information content (AvgIpc) is 3.31. The zero-order chi connectivity index (χ0) is 18.8. The van der Waals surface area contributed by atoms with Crippen molar-refractivity contribution < 1.29 is 9.21 Å². The van der Waals surface area contributed by atoms with Gasteiger partial charge in [-0.25, -0.2) is 4.68 Å². The van der Waals surface area contributed by atoms with Crippen LogP contribution < -0.4 is 10.6 Å². The SMILES string of the molecule is CC1CC(NC(=O)c2cc(-c3ccco3)n(-c3cccc(Cl)c3)n2)CCN1. The molecule has 0 saturated carbocycles. The molecule has 1 amide bonds. The number of piperidine rings is 1. The first kappa shape index (κ1) is 17.8. The third kappa shape index (κ3) is 3.91. The van der Waals surface area contributed by atoms with Crippen LogP contribution in [0.5, 0.6) is 0 Å². The minimum absolute atomic E-state index is 0.150. The van der Waals surface area contributed by atoms with Crippen LogP contribution in [0.4, 0.5) is 0 Å². The van der Waals surface area contributed by atoms with Crippen molar-refractivity contribution in [3.05, 3.63) is 59.4 Å². The Morgan fingerprint density at radius 2 is 2.22 bits per heavy atom. The maximum atomic E-state index is 12.8. The molecule has 7 heteroatoms. The van der Waals surface area contributed by atoms with E-state index in [0.29, 0.717) is 28.2 Å². The van der Waals surface area contributed by atoms with E-state index in [4.69, 9.17) is 16.0 Å². The summed E-state index contributed by atoms with van der Waals surface area (Å²) in [5.74, 6) is 0.458. The number of rotatable bonds is 4. The van der Waals surface area contributed by atoms with Crippen LogP contribution in [0.15, 0.2) is 53.1 Å². The van der Waals surface area contributed by atoms with Gasteiger partial charge >= 0.3 is 0 Å². The lowest BCUT2D eigenvalue weighted by atomic mass is 10.0. The molecule has 0 aliphatic carbocycles. The van der Waals surface area contributed by atoms with Crippen LogP contribution >= 0.6 is 11.6 Å². The van der Waals surface area contributed by atoms with Gasteiger partial charge in [0.2, 0.25) is 0 Å².